The number of imide groups is 3. The van der Waals surface area contributed by atoms with Gasteiger partial charge in [0.25, 0.3) is 8.32 Å². The van der Waals surface area contributed by atoms with Gasteiger partial charge < -0.3 is 24.5 Å². The second-order valence-corrected chi connectivity index (χ2v) is 19.5. The maximum absolute atomic E-state index is 13.7. The van der Waals surface area contributed by atoms with Crippen LogP contribution in [0.2, 0.25) is 5.04 Å². The molecule has 1 aliphatic carbocycles. The van der Waals surface area contributed by atoms with Gasteiger partial charge in [-0.15, -0.1) is 0 Å². The van der Waals surface area contributed by atoms with E-state index in [0.717, 1.165) is 39.7 Å². The van der Waals surface area contributed by atoms with E-state index in [1.165, 1.54) is 0 Å². The minimum absolute atomic E-state index is 0.0555. The first-order valence-corrected chi connectivity index (χ1v) is 19.8. The molecule has 0 radical (unpaired) electrons. The Hall–Kier alpha value is -4.35. The summed E-state index contributed by atoms with van der Waals surface area (Å²) in [6.45, 7) is 11.7. The van der Waals surface area contributed by atoms with Gasteiger partial charge in [0.2, 0.25) is 11.8 Å². The van der Waals surface area contributed by atoms with Crippen LogP contribution in [0.5, 0.6) is 5.75 Å². The third-order valence-corrected chi connectivity index (χ3v) is 15.7. The van der Waals surface area contributed by atoms with Gasteiger partial charge in [-0.05, 0) is 95.4 Å². The third kappa shape index (κ3) is 7.30. The van der Waals surface area contributed by atoms with Gasteiger partial charge in [-0.25, -0.2) is 4.79 Å². The summed E-state index contributed by atoms with van der Waals surface area (Å²) in [5.74, 6) is -4.00. The lowest BCUT2D eigenvalue weighted by atomic mass is 9.68. The van der Waals surface area contributed by atoms with Crippen molar-refractivity contribution in [2.45, 2.75) is 71.9 Å². The Morgan fingerprint density at radius 2 is 1.54 bits per heavy atom. The number of hydrogen-bond acceptors (Lipinski definition) is 8. The zero-order valence-corrected chi connectivity index (χ0v) is 32.2. The Morgan fingerprint density at radius 1 is 0.981 bits per heavy atom. The summed E-state index contributed by atoms with van der Waals surface area (Å²) in [6, 6.07) is 24.1. The Morgan fingerprint density at radius 3 is 2.04 bits per heavy atom. The molecule has 3 N–H and O–H groups in total. The topological polar surface area (TPSA) is 134 Å². The Bertz CT molecular complexity index is 1800. The molecule has 9 nitrogen and oxygen atoms in total. The maximum Gasteiger partial charge on any atom is 0.423 e. The number of aryl methyl sites for hydroxylation is 2. The molecule has 1 saturated heterocycles. The molecule has 3 amide bonds. The lowest BCUT2D eigenvalue weighted by Crippen LogP contribution is -2.66. The van der Waals surface area contributed by atoms with Crippen molar-refractivity contribution in [2.75, 3.05) is 20.3 Å². The number of methoxy groups -OCH3 is 1. The fourth-order valence-electron chi connectivity index (χ4n) is 8.27. The molecule has 0 aromatic heterocycles. The Labute approximate surface area is 307 Å². The van der Waals surface area contributed by atoms with Crippen molar-refractivity contribution in [3.05, 3.63) is 106 Å². The van der Waals surface area contributed by atoms with Gasteiger partial charge in [0.05, 0.1) is 38.3 Å². The number of aromatic hydroxyl groups is 1. The van der Waals surface area contributed by atoms with Gasteiger partial charge >= 0.3 is 6.09 Å². The number of benzene rings is 3. The summed E-state index contributed by atoms with van der Waals surface area (Å²) in [4.78, 5) is 40.6. The van der Waals surface area contributed by atoms with Gasteiger partial charge in [-0.1, -0.05) is 93.1 Å². The molecular weight excluding hydrogens is 675 g/mol. The first kappa shape index (κ1) is 38.9. The van der Waals surface area contributed by atoms with E-state index in [-0.39, 0.29) is 30.2 Å². The normalized spacial score (nSPS) is 20.3. The first-order valence-electron chi connectivity index (χ1n) is 17.8. The van der Waals surface area contributed by atoms with Gasteiger partial charge in [-0.2, -0.15) is 4.90 Å². The first-order chi connectivity index (χ1) is 24.7. The van der Waals surface area contributed by atoms with Crippen LogP contribution in [0.15, 0.2) is 89.5 Å². The number of rotatable bonds is 11. The summed E-state index contributed by atoms with van der Waals surface area (Å²) in [5, 5.41) is 34.9. The highest BCUT2D eigenvalue weighted by Gasteiger charge is 2.58. The van der Waals surface area contributed by atoms with Crippen LogP contribution >= 0.6 is 0 Å². The summed E-state index contributed by atoms with van der Waals surface area (Å²) < 4.78 is 12.1. The second-order valence-electron chi connectivity index (χ2n) is 15.2. The van der Waals surface area contributed by atoms with E-state index in [0.29, 0.717) is 22.5 Å². The van der Waals surface area contributed by atoms with Crippen molar-refractivity contribution < 1.29 is 38.9 Å². The van der Waals surface area contributed by atoms with E-state index < -0.39 is 56.7 Å². The van der Waals surface area contributed by atoms with E-state index in [9.17, 15) is 29.7 Å². The van der Waals surface area contributed by atoms with Crippen LogP contribution in [0.25, 0.3) is 6.08 Å². The molecule has 52 heavy (non-hydrogen) atoms. The van der Waals surface area contributed by atoms with Gasteiger partial charge in [-0.3, -0.25) is 9.59 Å². The molecular formula is C42H51NO8Si. The largest absolute Gasteiger partial charge is 0.507 e. The smallest absolute Gasteiger partial charge is 0.423 e. The minimum Gasteiger partial charge on any atom is -0.507 e. The number of nitrogens with zero attached hydrogens (tertiary/aromatic N) is 1. The van der Waals surface area contributed by atoms with Gasteiger partial charge in [0, 0.05) is 5.92 Å². The predicted octanol–water partition coefficient (Wildman–Crippen LogP) is 5.81. The molecule has 0 unspecified atom stereocenters. The minimum atomic E-state index is -3.07. The number of carbonyl (C=O) groups is 3. The number of allylic oxidation sites excluding steroid dienone is 1. The fourth-order valence-corrected chi connectivity index (χ4v) is 12.8. The van der Waals surface area contributed by atoms with Crippen molar-refractivity contribution in [3.63, 3.8) is 0 Å². The van der Waals surface area contributed by atoms with Crippen molar-refractivity contribution in [1.82, 2.24) is 4.90 Å². The monoisotopic (exact) mass is 725 g/mol. The number of aliphatic hydroxyl groups excluding tert-OH is 2. The number of likely N-dealkylation sites (tertiary alicyclic amines) is 1. The molecule has 5 rings (SSSR count). The molecule has 2 aliphatic rings. The summed E-state index contributed by atoms with van der Waals surface area (Å²) in [7, 11) is -1.95. The number of fused-ring (bicyclic) bond motifs is 1. The highest BCUT2D eigenvalue weighted by atomic mass is 28.4. The molecule has 1 aliphatic heterocycles. The zero-order chi connectivity index (χ0) is 38.0. The second kappa shape index (κ2) is 15.7. The molecule has 1 fully saturated rings. The van der Waals surface area contributed by atoms with Crippen LogP contribution in [0.1, 0.15) is 63.6 Å². The molecule has 0 spiro atoms. The van der Waals surface area contributed by atoms with Crippen LogP contribution in [-0.4, -0.2) is 72.9 Å². The molecule has 1 heterocycles. The van der Waals surface area contributed by atoms with E-state index in [4.69, 9.17) is 9.16 Å². The number of amides is 3. The molecule has 10 heteroatoms. The van der Waals surface area contributed by atoms with Crippen molar-refractivity contribution in [1.29, 1.82) is 0 Å². The van der Waals surface area contributed by atoms with E-state index in [1.807, 2.05) is 75.4 Å². The van der Waals surface area contributed by atoms with E-state index in [1.54, 1.807) is 0 Å². The van der Waals surface area contributed by atoms with Gasteiger partial charge in [0.1, 0.15) is 5.75 Å². The molecule has 4 atom stereocenters. The zero-order valence-electron chi connectivity index (χ0n) is 31.2. The summed E-state index contributed by atoms with van der Waals surface area (Å²) >= 11 is 0. The molecule has 0 bridgehead atoms. The van der Waals surface area contributed by atoms with Crippen LogP contribution in [0, 0.1) is 31.6 Å². The standard InChI is InChI=1S/C42H51NO8Si/c1-26(20-29-21-27(2)38(46)28(3)22-29)18-19-35(45)36-30(23-33-37(34(36)24-44)40(48)43(39(33)47)41(49)50-7)25-51-52(42(4,5)6,31-14-10-8-11-15-31)32-16-12-9-13-17-32/h8-17,20-22,33-35,37,44-46H,18-19,23-25H2,1-7H3/b26-20+/t33-,34+,35-,37-/m1/s1. The van der Waals surface area contributed by atoms with Crippen molar-refractivity contribution in [2.24, 2.45) is 17.8 Å². The Balaban J connectivity index is 1.57. The van der Waals surface area contributed by atoms with E-state index >= 15 is 0 Å². The predicted molar refractivity (Wildman–Crippen MR) is 204 cm³/mol. The summed E-state index contributed by atoms with van der Waals surface area (Å²) in [5.41, 5.74) is 4.61. The number of phenolic OH excluding ortho intramolecular Hbond substituents is 1. The van der Waals surface area contributed by atoms with E-state index in [2.05, 4.69) is 45.0 Å². The highest BCUT2D eigenvalue weighted by molar-refractivity contribution is 6.99. The number of aliphatic hydroxyl groups is 2. The molecule has 0 saturated carbocycles. The number of carbonyl (C=O) groups excluding carboxylic acids is 3. The van der Waals surface area contributed by atoms with Crippen LogP contribution in [-0.2, 0) is 18.8 Å². The third-order valence-electron chi connectivity index (χ3n) is 10.7. The number of ether oxygens (including phenoxy) is 1. The lowest BCUT2D eigenvalue weighted by molar-refractivity contribution is -0.137. The quantitative estimate of drug-likeness (QED) is 0.128. The van der Waals surface area contributed by atoms with Crippen LogP contribution < -0.4 is 10.4 Å². The number of phenols is 1. The highest BCUT2D eigenvalue weighted by Crippen LogP contribution is 2.47. The van der Waals surface area contributed by atoms with Gasteiger partial charge in [0.15, 0.2) is 0 Å². The van der Waals surface area contributed by atoms with Crippen molar-refractivity contribution in [3.8, 4) is 5.75 Å². The maximum atomic E-state index is 13.7. The summed E-state index contributed by atoms with van der Waals surface area (Å²) in [6.07, 6.45) is 0.755. The molecule has 3 aromatic rings. The average molecular weight is 726 g/mol. The fraction of sp³-hybridized carbons (Fsp3) is 0.405. The molecule has 3 aromatic carbocycles. The van der Waals surface area contributed by atoms with Crippen LogP contribution in [0.3, 0.4) is 0 Å². The average Bonchev–Trinajstić information content (AvgIpc) is 3.37. The van der Waals surface area contributed by atoms with Crippen molar-refractivity contribution >= 4 is 42.7 Å². The SMILES string of the molecule is COC(=O)N1C(=O)[C@@H]2[C@@H](CC(CO[Si](c3ccccc3)(c3ccccc3)C(C)(C)C)=C([C@H](O)CC/C(C)=C/c3cc(C)c(O)c(C)c3)[C@@H]2CO)C1=O. The molecule has 276 valence electrons. The lowest BCUT2D eigenvalue weighted by Gasteiger charge is -2.44. The Kier molecular flexibility index (Phi) is 11.7. The van der Waals surface area contributed by atoms with Crippen LogP contribution in [0.4, 0.5) is 4.79 Å². The number of hydrogen-bond donors (Lipinski definition) is 3.